The van der Waals surface area contributed by atoms with E-state index < -0.39 is 0 Å². The first-order valence-corrected chi connectivity index (χ1v) is 7.28. The summed E-state index contributed by atoms with van der Waals surface area (Å²) in [6, 6.07) is 7.23. The van der Waals surface area contributed by atoms with Gasteiger partial charge in [0.2, 0.25) is 0 Å². The van der Waals surface area contributed by atoms with E-state index in [4.69, 9.17) is 16.3 Å². The highest BCUT2D eigenvalue weighted by molar-refractivity contribution is 6.33. The number of rotatable bonds is 5. The molecule has 1 saturated heterocycles. The normalized spacial score (nSPS) is 19.1. The van der Waals surface area contributed by atoms with Crippen LogP contribution in [0.4, 0.5) is 5.69 Å². The fraction of sp³-hybridized carbons (Fsp3) is 0.600. The van der Waals surface area contributed by atoms with Crippen molar-refractivity contribution in [3.63, 3.8) is 0 Å². The number of likely N-dealkylation sites (N-methyl/N-ethyl adjacent to an activating group) is 1. The van der Waals surface area contributed by atoms with Crippen LogP contribution in [0.3, 0.4) is 0 Å². The minimum absolute atomic E-state index is 0.442. The van der Waals surface area contributed by atoms with Crippen LogP contribution >= 0.6 is 11.6 Å². The van der Waals surface area contributed by atoms with Gasteiger partial charge in [-0.1, -0.05) is 31.5 Å². The van der Waals surface area contributed by atoms with E-state index in [1.165, 1.54) is 5.56 Å². The van der Waals surface area contributed by atoms with Crippen molar-refractivity contribution in [2.24, 2.45) is 0 Å². The van der Waals surface area contributed by atoms with Gasteiger partial charge in [-0.25, -0.2) is 0 Å². The van der Waals surface area contributed by atoms with Crippen molar-refractivity contribution < 1.29 is 4.74 Å². The van der Waals surface area contributed by atoms with Gasteiger partial charge in [0.1, 0.15) is 0 Å². The summed E-state index contributed by atoms with van der Waals surface area (Å²) in [4.78, 5) is 2.23. The second-order valence-corrected chi connectivity index (χ2v) is 5.86. The zero-order valence-corrected chi connectivity index (χ0v) is 12.7. The predicted molar refractivity (Wildman–Crippen MR) is 81.1 cm³/mol. The Morgan fingerprint density at radius 3 is 2.84 bits per heavy atom. The molecule has 1 N–H and O–H groups in total. The Hall–Kier alpha value is -0.770. The van der Waals surface area contributed by atoms with Crippen LogP contribution < -0.4 is 10.2 Å². The summed E-state index contributed by atoms with van der Waals surface area (Å²) in [6.07, 6.45) is 1.07. The number of nitrogens with zero attached hydrogens (tertiary/aromatic N) is 1. The Kier molecular flexibility index (Phi) is 5.08. The molecular formula is C15H23ClN2O. The molecule has 0 spiro atoms. The number of nitrogens with one attached hydrogen (secondary N) is 1. The summed E-state index contributed by atoms with van der Waals surface area (Å²) < 4.78 is 5.43. The summed E-state index contributed by atoms with van der Waals surface area (Å²) in [5.41, 5.74) is 2.31. The van der Waals surface area contributed by atoms with Crippen LogP contribution in [0.5, 0.6) is 0 Å². The maximum atomic E-state index is 6.41. The van der Waals surface area contributed by atoms with Crippen LogP contribution in [0.1, 0.15) is 25.8 Å². The summed E-state index contributed by atoms with van der Waals surface area (Å²) >= 11 is 6.41. The van der Waals surface area contributed by atoms with E-state index in [9.17, 15) is 0 Å². The molecule has 1 aromatic carbocycles. The molecule has 3 nitrogen and oxygen atoms in total. The lowest BCUT2D eigenvalue weighted by atomic mass is 10.1. The Morgan fingerprint density at radius 1 is 1.47 bits per heavy atom. The second kappa shape index (κ2) is 6.60. The van der Waals surface area contributed by atoms with Crippen molar-refractivity contribution in [3.05, 3.63) is 28.8 Å². The molecule has 1 aliphatic rings. The van der Waals surface area contributed by atoms with Crippen LogP contribution in [-0.4, -0.2) is 32.3 Å². The van der Waals surface area contributed by atoms with Gasteiger partial charge < -0.3 is 15.0 Å². The molecule has 1 unspecified atom stereocenters. The molecule has 1 aliphatic heterocycles. The molecular weight excluding hydrogens is 260 g/mol. The molecule has 0 aromatic heterocycles. The van der Waals surface area contributed by atoms with Crippen LogP contribution in [-0.2, 0) is 11.3 Å². The summed E-state index contributed by atoms with van der Waals surface area (Å²) in [6.45, 7) is 6.79. The van der Waals surface area contributed by atoms with Crippen molar-refractivity contribution in [2.75, 3.05) is 25.2 Å². The molecule has 0 saturated carbocycles. The van der Waals surface area contributed by atoms with E-state index in [-0.39, 0.29) is 0 Å². The number of hydrogen-bond acceptors (Lipinski definition) is 3. The van der Waals surface area contributed by atoms with Gasteiger partial charge in [-0.3, -0.25) is 0 Å². The molecule has 1 heterocycles. The van der Waals surface area contributed by atoms with Crippen LogP contribution in [0, 0.1) is 0 Å². The second-order valence-electron chi connectivity index (χ2n) is 5.45. The lowest BCUT2D eigenvalue weighted by Crippen LogP contribution is -2.32. The number of anilines is 1. The quantitative estimate of drug-likeness (QED) is 0.898. The third-order valence-electron chi connectivity index (χ3n) is 3.56. The highest BCUT2D eigenvalue weighted by Crippen LogP contribution is 2.29. The van der Waals surface area contributed by atoms with E-state index in [0.717, 1.165) is 36.9 Å². The van der Waals surface area contributed by atoms with Gasteiger partial charge in [0.25, 0.3) is 0 Å². The van der Waals surface area contributed by atoms with Gasteiger partial charge in [-0.15, -0.1) is 0 Å². The predicted octanol–water partition coefficient (Wildman–Crippen LogP) is 3.06. The zero-order chi connectivity index (χ0) is 13.8. The Morgan fingerprint density at radius 2 is 2.26 bits per heavy atom. The number of benzene rings is 1. The van der Waals surface area contributed by atoms with Crippen molar-refractivity contribution >= 4 is 17.3 Å². The maximum absolute atomic E-state index is 6.41. The monoisotopic (exact) mass is 282 g/mol. The highest BCUT2D eigenvalue weighted by Gasteiger charge is 2.21. The van der Waals surface area contributed by atoms with E-state index in [1.54, 1.807) is 0 Å². The number of ether oxygens (including phenoxy) is 1. The van der Waals surface area contributed by atoms with Crippen molar-refractivity contribution in [2.45, 2.75) is 38.9 Å². The van der Waals surface area contributed by atoms with Gasteiger partial charge >= 0.3 is 0 Å². The SMILES string of the molecule is CC(C)NCc1ccc(N(C)C2CCOC2)c(Cl)c1. The number of hydrogen-bond donors (Lipinski definition) is 1. The van der Waals surface area contributed by atoms with Crippen molar-refractivity contribution in [3.8, 4) is 0 Å². The molecule has 1 atom stereocenters. The third-order valence-corrected chi connectivity index (χ3v) is 3.86. The first-order valence-electron chi connectivity index (χ1n) is 6.90. The fourth-order valence-electron chi connectivity index (χ4n) is 2.29. The summed E-state index contributed by atoms with van der Waals surface area (Å²) in [5.74, 6) is 0. The molecule has 1 aromatic rings. The van der Waals surface area contributed by atoms with Crippen LogP contribution in [0.2, 0.25) is 5.02 Å². The first-order chi connectivity index (χ1) is 9.08. The lowest BCUT2D eigenvalue weighted by molar-refractivity contribution is 0.193. The van der Waals surface area contributed by atoms with Gasteiger partial charge in [0.05, 0.1) is 23.4 Å². The fourth-order valence-corrected chi connectivity index (χ4v) is 2.63. The van der Waals surface area contributed by atoms with Gasteiger partial charge in [0, 0.05) is 26.2 Å². The van der Waals surface area contributed by atoms with Crippen molar-refractivity contribution in [1.29, 1.82) is 0 Å². The van der Waals surface area contributed by atoms with Crippen LogP contribution in [0.15, 0.2) is 18.2 Å². The zero-order valence-electron chi connectivity index (χ0n) is 11.9. The smallest absolute Gasteiger partial charge is 0.0670 e. The molecule has 0 amide bonds. The average molecular weight is 283 g/mol. The standard InChI is InChI=1S/C15H23ClN2O/c1-11(2)17-9-12-4-5-15(14(16)8-12)18(3)13-6-7-19-10-13/h4-5,8,11,13,17H,6-7,9-10H2,1-3H3. The minimum atomic E-state index is 0.442. The summed E-state index contributed by atoms with van der Waals surface area (Å²) in [7, 11) is 2.09. The van der Waals surface area contributed by atoms with Gasteiger partial charge in [-0.2, -0.15) is 0 Å². The molecule has 2 rings (SSSR count). The van der Waals surface area contributed by atoms with E-state index in [2.05, 4.69) is 49.3 Å². The number of halogens is 1. The topological polar surface area (TPSA) is 24.5 Å². The Balaban J connectivity index is 2.05. The summed E-state index contributed by atoms with van der Waals surface area (Å²) in [5, 5.41) is 4.22. The average Bonchev–Trinajstić information content (AvgIpc) is 2.89. The molecule has 0 bridgehead atoms. The molecule has 4 heteroatoms. The molecule has 19 heavy (non-hydrogen) atoms. The minimum Gasteiger partial charge on any atom is -0.379 e. The van der Waals surface area contributed by atoms with Gasteiger partial charge in [-0.05, 0) is 24.1 Å². The Bertz CT molecular complexity index is 417. The molecule has 106 valence electrons. The lowest BCUT2D eigenvalue weighted by Gasteiger charge is -2.26. The van der Waals surface area contributed by atoms with E-state index in [0.29, 0.717) is 12.1 Å². The first kappa shape index (κ1) is 14.6. The maximum Gasteiger partial charge on any atom is 0.0670 e. The molecule has 1 fully saturated rings. The van der Waals surface area contributed by atoms with Gasteiger partial charge in [0.15, 0.2) is 0 Å². The molecule has 0 radical (unpaired) electrons. The van der Waals surface area contributed by atoms with E-state index >= 15 is 0 Å². The highest BCUT2D eigenvalue weighted by atomic mass is 35.5. The van der Waals surface area contributed by atoms with E-state index in [1.807, 2.05) is 0 Å². The Labute approximate surface area is 120 Å². The van der Waals surface area contributed by atoms with Crippen LogP contribution in [0.25, 0.3) is 0 Å². The van der Waals surface area contributed by atoms with Crippen molar-refractivity contribution in [1.82, 2.24) is 5.32 Å². The third kappa shape index (κ3) is 3.85. The largest absolute Gasteiger partial charge is 0.379 e. The molecule has 0 aliphatic carbocycles.